The summed E-state index contributed by atoms with van der Waals surface area (Å²) < 4.78 is 40.9. The molecule has 0 aliphatic heterocycles. The van der Waals surface area contributed by atoms with E-state index in [1.165, 1.54) is 59.4 Å². The molecule has 0 saturated heterocycles. The number of halogens is 3. The number of aromatic nitrogens is 1. The van der Waals surface area contributed by atoms with Gasteiger partial charge in [-0.1, -0.05) is 18.9 Å². The maximum atomic E-state index is 13.6. The molecule has 206 valence electrons. The molecular formula is C31H35F3N4S. The van der Waals surface area contributed by atoms with E-state index in [-0.39, 0.29) is 12.1 Å². The van der Waals surface area contributed by atoms with Crippen molar-refractivity contribution in [1.82, 2.24) is 4.98 Å². The van der Waals surface area contributed by atoms with Gasteiger partial charge in [0.1, 0.15) is 0 Å². The first-order valence-corrected chi connectivity index (χ1v) is 14.8. The smallest absolute Gasteiger partial charge is 0.371 e. The highest BCUT2D eigenvalue weighted by molar-refractivity contribution is 7.13. The van der Waals surface area contributed by atoms with Gasteiger partial charge in [0.2, 0.25) is 0 Å². The van der Waals surface area contributed by atoms with Crippen molar-refractivity contribution in [2.75, 3.05) is 22.9 Å². The second-order valence-corrected chi connectivity index (χ2v) is 11.8. The topological polar surface area (TPSA) is 43.2 Å². The molecule has 5 rings (SSSR count). The highest BCUT2D eigenvalue weighted by atomic mass is 32.1. The number of benzene rings is 2. The predicted molar refractivity (Wildman–Crippen MR) is 151 cm³/mol. The summed E-state index contributed by atoms with van der Waals surface area (Å²) in [5.41, 5.74) is 5.79. The average molecular weight is 553 g/mol. The average Bonchev–Trinajstić information content (AvgIpc) is 3.68. The lowest BCUT2D eigenvalue weighted by molar-refractivity contribution is -0.137. The molecule has 39 heavy (non-hydrogen) atoms. The third-order valence-corrected chi connectivity index (χ3v) is 9.05. The van der Waals surface area contributed by atoms with Crippen molar-refractivity contribution >= 4 is 22.2 Å². The Labute approximate surface area is 233 Å². The Morgan fingerprint density at radius 3 is 2.38 bits per heavy atom. The summed E-state index contributed by atoms with van der Waals surface area (Å²) in [5, 5.41) is 12.2. The minimum atomic E-state index is -4.51. The van der Waals surface area contributed by atoms with Crippen LogP contribution in [-0.2, 0) is 32.1 Å². The van der Waals surface area contributed by atoms with E-state index in [1.54, 1.807) is 6.07 Å². The SMILES string of the molecule is CCN(CC1CCCC1)c1cc2c(cc1CN(Cc1cc(C#N)cc(C(F)(F)F)c1)c1nc(C)cs1)CCC2. The van der Waals surface area contributed by atoms with Gasteiger partial charge in [0.05, 0.1) is 22.9 Å². The third kappa shape index (κ3) is 6.41. The van der Waals surface area contributed by atoms with Crippen molar-refractivity contribution in [2.45, 2.75) is 78.1 Å². The Morgan fingerprint density at radius 2 is 1.74 bits per heavy atom. The molecule has 1 aromatic heterocycles. The first-order valence-electron chi connectivity index (χ1n) is 13.9. The summed E-state index contributed by atoms with van der Waals surface area (Å²) in [4.78, 5) is 9.29. The van der Waals surface area contributed by atoms with E-state index in [4.69, 9.17) is 4.98 Å². The van der Waals surface area contributed by atoms with Gasteiger partial charge in [-0.05, 0) is 98.4 Å². The molecule has 2 aliphatic carbocycles. The van der Waals surface area contributed by atoms with Crippen LogP contribution in [0.1, 0.15) is 78.1 Å². The summed E-state index contributed by atoms with van der Waals surface area (Å²) in [6.07, 6.45) is 3.96. The summed E-state index contributed by atoms with van der Waals surface area (Å²) in [5.74, 6) is 0.707. The largest absolute Gasteiger partial charge is 0.416 e. The lowest BCUT2D eigenvalue weighted by Crippen LogP contribution is -2.31. The fourth-order valence-corrected chi connectivity index (χ4v) is 6.90. The molecular weight excluding hydrogens is 517 g/mol. The van der Waals surface area contributed by atoms with E-state index < -0.39 is 11.7 Å². The highest BCUT2D eigenvalue weighted by Crippen LogP contribution is 2.36. The maximum absolute atomic E-state index is 13.6. The molecule has 1 fully saturated rings. The summed E-state index contributed by atoms with van der Waals surface area (Å²) >= 11 is 1.50. The number of nitrogens with zero attached hydrogens (tertiary/aromatic N) is 4. The number of thiazole rings is 1. The number of hydrogen-bond donors (Lipinski definition) is 0. The fraction of sp³-hybridized carbons (Fsp3) is 0.484. The molecule has 8 heteroatoms. The van der Waals surface area contributed by atoms with Crippen molar-refractivity contribution < 1.29 is 13.2 Å². The number of nitriles is 1. The van der Waals surface area contributed by atoms with E-state index >= 15 is 0 Å². The van der Waals surface area contributed by atoms with Gasteiger partial charge in [-0.2, -0.15) is 18.4 Å². The third-order valence-electron chi connectivity index (χ3n) is 8.03. The molecule has 1 heterocycles. The van der Waals surface area contributed by atoms with Gasteiger partial charge in [-0.15, -0.1) is 11.3 Å². The molecule has 3 aromatic rings. The van der Waals surface area contributed by atoms with E-state index in [2.05, 4.69) is 28.9 Å². The minimum Gasteiger partial charge on any atom is -0.371 e. The van der Waals surface area contributed by atoms with Crippen LogP contribution in [0, 0.1) is 24.2 Å². The van der Waals surface area contributed by atoms with Crippen LogP contribution in [0.4, 0.5) is 24.0 Å². The number of aryl methyl sites for hydroxylation is 3. The lowest BCUT2D eigenvalue weighted by Gasteiger charge is -2.31. The highest BCUT2D eigenvalue weighted by Gasteiger charge is 2.31. The van der Waals surface area contributed by atoms with Crippen molar-refractivity contribution in [1.29, 1.82) is 5.26 Å². The van der Waals surface area contributed by atoms with Crippen molar-refractivity contribution in [3.63, 3.8) is 0 Å². The van der Waals surface area contributed by atoms with Crippen molar-refractivity contribution in [3.05, 3.63) is 74.8 Å². The zero-order valence-corrected chi connectivity index (χ0v) is 23.5. The van der Waals surface area contributed by atoms with Gasteiger partial charge in [-0.3, -0.25) is 0 Å². The first-order chi connectivity index (χ1) is 18.7. The van der Waals surface area contributed by atoms with Crippen LogP contribution in [0.3, 0.4) is 0 Å². The second-order valence-electron chi connectivity index (χ2n) is 10.9. The molecule has 0 bridgehead atoms. The van der Waals surface area contributed by atoms with Crippen LogP contribution < -0.4 is 9.80 Å². The van der Waals surface area contributed by atoms with Crippen LogP contribution >= 0.6 is 11.3 Å². The van der Waals surface area contributed by atoms with Gasteiger partial charge in [-0.25, -0.2) is 4.98 Å². The monoisotopic (exact) mass is 552 g/mol. The molecule has 0 radical (unpaired) electrons. The number of alkyl halides is 3. The minimum absolute atomic E-state index is 0.0158. The molecule has 2 aromatic carbocycles. The lowest BCUT2D eigenvalue weighted by atomic mass is 10.0. The molecule has 0 unspecified atom stereocenters. The molecule has 0 N–H and O–H groups in total. The standard InChI is InChI=1S/C31H35F3N4S/c1-3-37(17-22-7-4-5-8-22)29-15-26-10-6-9-25(26)14-27(29)19-38(30-36-21(2)20-39-30)18-24-11-23(16-35)12-28(13-24)31(32,33)34/h11-15,20,22H,3-10,17-19H2,1-2H3. The van der Waals surface area contributed by atoms with Crippen molar-refractivity contribution in [2.24, 2.45) is 5.92 Å². The molecule has 1 saturated carbocycles. The number of fused-ring (bicyclic) bond motifs is 1. The quantitative estimate of drug-likeness (QED) is 0.269. The first kappa shape index (κ1) is 27.5. The molecule has 0 spiro atoms. The molecule has 2 aliphatic rings. The summed E-state index contributed by atoms with van der Waals surface area (Å²) in [6, 6.07) is 10.2. The van der Waals surface area contributed by atoms with Gasteiger partial charge in [0, 0.05) is 37.2 Å². The number of rotatable bonds is 9. The zero-order chi connectivity index (χ0) is 27.6. The van der Waals surface area contributed by atoms with E-state index in [1.807, 2.05) is 18.4 Å². The van der Waals surface area contributed by atoms with Gasteiger partial charge >= 0.3 is 6.18 Å². The Morgan fingerprint density at radius 1 is 1.00 bits per heavy atom. The predicted octanol–water partition coefficient (Wildman–Crippen LogP) is 8.05. The molecule has 4 nitrogen and oxygen atoms in total. The van der Waals surface area contributed by atoms with Crippen LogP contribution in [0.25, 0.3) is 0 Å². The number of hydrogen-bond acceptors (Lipinski definition) is 5. The Hall–Kier alpha value is -3.05. The summed E-state index contributed by atoms with van der Waals surface area (Å²) in [6.45, 7) is 6.86. The summed E-state index contributed by atoms with van der Waals surface area (Å²) in [7, 11) is 0. The van der Waals surface area contributed by atoms with Crippen LogP contribution in [0.2, 0.25) is 0 Å². The second kappa shape index (κ2) is 11.6. The molecule has 0 amide bonds. The Kier molecular flexibility index (Phi) is 8.18. The van der Waals surface area contributed by atoms with E-state index in [0.717, 1.165) is 55.3 Å². The van der Waals surface area contributed by atoms with Gasteiger partial charge in [0.15, 0.2) is 5.13 Å². The van der Waals surface area contributed by atoms with E-state index in [0.29, 0.717) is 18.0 Å². The number of anilines is 2. The molecule has 0 atom stereocenters. The van der Waals surface area contributed by atoms with Gasteiger partial charge in [0.25, 0.3) is 0 Å². The Balaban J connectivity index is 1.52. The van der Waals surface area contributed by atoms with Crippen LogP contribution in [-0.4, -0.2) is 18.1 Å². The fourth-order valence-electron chi connectivity index (χ4n) is 6.10. The Bertz CT molecular complexity index is 1350. The van der Waals surface area contributed by atoms with E-state index in [9.17, 15) is 18.4 Å². The van der Waals surface area contributed by atoms with Gasteiger partial charge < -0.3 is 9.80 Å². The van der Waals surface area contributed by atoms with Crippen LogP contribution in [0.15, 0.2) is 35.7 Å². The van der Waals surface area contributed by atoms with Crippen LogP contribution in [0.5, 0.6) is 0 Å². The maximum Gasteiger partial charge on any atom is 0.416 e. The van der Waals surface area contributed by atoms with Crippen molar-refractivity contribution in [3.8, 4) is 6.07 Å². The normalized spacial score (nSPS) is 15.4. The zero-order valence-electron chi connectivity index (χ0n) is 22.7.